The molecule has 1 unspecified atom stereocenters. The predicted molar refractivity (Wildman–Crippen MR) is 82.3 cm³/mol. The quantitative estimate of drug-likeness (QED) is 0.847. The maximum atomic E-state index is 9.27. The minimum Gasteiger partial charge on any atom is -0.496 e. The van der Waals surface area contributed by atoms with Gasteiger partial charge >= 0.3 is 0 Å². The molecule has 1 atom stereocenters. The van der Waals surface area contributed by atoms with Crippen molar-refractivity contribution in [2.45, 2.75) is 19.4 Å². The molecule has 0 saturated carbocycles. The normalized spacial score (nSPS) is 12.2. The summed E-state index contributed by atoms with van der Waals surface area (Å²) in [5.74, 6) is 0.850. The predicted octanol–water partition coefficient (Wildman–Crippen LogP) is 3.57. The van der Waals surface area contributed by atoms with Crippen molar-refractivity contribution in [1.82, 2.24) is 0 Å². The van der Waals surface area contributed by atoms with Crippen LogP contribution in [0.4, 0.5) is 5.69 Å². The summed E-state index contributed by atoms with van der Waals surface area (Å²) in [7, 11) is 1.62. The van der Waals surface area contributed by atoms with E-state index < -0.39 is 0 Å². The maximum Gasteiger partial charge on any atom is 0.123 e. The first-order chi connectivity index (χ1) is 9.56. The van der Waals surface area contributed by atoms with Crippen LogP contribution in [0.25, 0.3) is 0 Å². The van der Waals surface area contributed by atoms with Crippen LogP contribution in [-0.2, 0) is 6.61 Å². The lowest BCUT2D eigenvalue weighted by Gasteiger charge is -2.18. The largest absolute Gasteiger partial charge is 0.496 e. The Kier molecular flexibility index (Phi) is 4.53. The molecular formula is C16H18ClNO2. The first-order valence-electron chi connectivity index (χ1n) is 6.39. The second-order valence-corrected chi connectivity index (χ2v) is 5.16. The third-order valence-corrected chi connectivity index (χ3v) is 3.75. The fraction of sp³-hybridized carbons (Fsp3) is 0.250. The molecule has 0 aromatic heterocycles. The number of nitrogens with two attached hydrogens (primary N) is 1. The van der Waals surface area contributed by atoms with E-state index in [1.54, 1.807) is 13.2 Å². The van der Waals surface area contributed by atoms with Crippen LogP contribution in [0.2, 0.25) is 5.02 Å². The van der Waals surface area contributed by atoms with Crippen LogP contribution >= 0.6 is 11.6 Å². The molecule has 0 heterocycles. The molecule has 0 bridgehead atoms. The van der Waals surface area contributed by atoms with E-state index in [1.807, 2.05) is 30.3 Å². The molecule has 2 aromatic carbocycles. The summed E-state index contributed by atoms with van der Waals surface area (Å²) in [5.41, 5.74) is 9.33. The number of hydrogen-bond acceptors (Lipinski definition) is 3. The minimum atomic E-state index is -0.0994. The molecule has 2 aromatic rings. The average Bonchev–Trinajstić information content (AvgIpc) is 2.47. The number of aliphatic hydroxyl groups is 1. The summed E-state index contributed by atoms with van der Waals surface area (Å²) in [6.07, 6.45) is 0. The summed E-state index contributed by atoms with van der Waals surface area (Å²) < 4.78 is 5.42. The fourth-order valence-corrected chi connectivity index (χ4v) is 2.37. The lowest BCUT2D eigenvalue weighted by Crippen LogP contribution is -2.04. The van der Waals surface area contributed by atoms with Gasteiger partial charge in [-0.05, 0) is 29.8 Å². The van der Waals surface area contributed by atoms with Gasteiger partial charge in [-0.2, -0.15) is 0 Å². The number of methoxy groups -OCH3 is 1. The highest BCUT2D eigenvalue weighted by atomic mass is 35.5. The van der Waals surface area contributed by atoms with Gasteiger partial charge in [0.1, 0.15) is 5.75 Å². The van der Waals surface area contributed by atoms with Gasteiger partial charge in [-0.25, -0.2) is 0 Å². The molecule has 3 nitrogen and oxygen atoms in total. The maximum absolute atomic E-state index is 9.27. The summed E-state index contributed by atoms with van der Waals surface area (Å²) in [4.78, 5) is 0. The molecular weight excluding hydrogens is 274 g/mol. The third-order valence-electron chi connectivity index (χ3n) is 3.50. The molecule has 0 fully saturated rings. The van der Waals surface area contributed by atoms with Gasteiger partial charge < -0.3 is 15.6 Å². The van der Waals surface area contributed by atoms with Gasteiger partial charge in [0.15, 0.2) is 0 Å². The zero-order chi connectivity index (χ0) is 14.7. The van der Waals surface area contributed by atoms with E-state index in [2.05, 4.69) is 6.92 Å². The molecule has 0 saturated heterocycles. The van der Waals surface area contributed by atoms with Crippen LogP contribution in [-0.4, -0.2) is 12.2 Å². The second-order valence-electron chi connectivity index (χ2n) is 4.72. The minimum absolute atomic E-state index is 0.0994. The Morgan fingerprint density at radius 2 is 1.90 bits per heavy atom. The molecule has 20 heavy (non-hydrogen) atoms. The van der Waals surface area contributed by atoms with E-state index in [9.17, 15) is 5.11 Å². The topological polar surface area (TPSA) is 55.5 Å². The molecule has 0 amide bonds. The van der Waals surface area contributed by atoms with Gasteiger partial charge in [-0.3, -0.25) is 0 Å². The Hall–Kier alpha value is -1.71. The average molecular weight is 292 g/mol. The van der Waals surface area contributed by atoms with Gasteiger partial charge in [0, 0.05) is 27.8 Å². The second kappa shape index (κ2) is 6.16. The van der Waals surface area contributed by atoms with Crippen LogP contribution in [0.5, 0.6) is 5.75 Å². The van der Waals surface area contributed by atoms with Crippen molar-refractivity contribution in [3.63, 3.8) is 0 Å². The molecule has 0 aliphatic heterocycles. The number of rotatable bonds is 4. The van der Waals surface area contributed by atoms with Crippen LogP contribution in [0, 0.1) is 0 Å². The lowest BCUT2D eigenvalue weighted by molar-refractivity contribution is 0.281. The van der Waals surface area contributed by atoms with E-state index in [4.69, 9.17) is 22.1 Å². The third kappa shape index (κ3) is 2.89. The van der Waals surface area contributed by atoms with Gasteiger partial charge in [0.05, 0.1) is 13.7 Å². The van der Waals surface area contributed by atoms with Crippen molar-refractivity contribution in [3.8, 4) is 5.75 Å². The SMILES string of the molecule is COc1cc(CO)c(N)cc1C(C)c1ccc(Cl)cc1. The summed E-state index contributed by atoms with van der Waals surface area (Å²) in [6, 6.07) is 11.4. The first-order valence-corrected chi connectivity index (χ1v) is 6.77. The standard InChI is InChI=1S/C16H18ClNO2/c1-10(11-3-5-13(17)6-4-11)14-8-15(18)12(9-19)7-16(14)20-2/h3-8,10,19H,9,18H2,1-2H3. The number of halogens is 1. The van der Waals surface area contributed by atoms with Crippen LogP contribution in [0.1, 0.15) is 29.5 Å². The highest BCUT2D eigenvalue weighted by Crippen LogP contribution is 2.35. The van der Waals surface area contributed by atoms with E-state index in [1.165, 1.54) is 0 Å². The number of anilines is 1. The molecule has 3 N–H and O–H groups in total. The Labute approximate surface area is 123 Å². The molecule has 2 rings (SSSR count). The smallest absolute Gasteiger partial charge is 0.123 e. The summed E-state index contributed by atoms with van der Waals surface area (Å²) >= 11 is 5.91. The van der Waals surface area contributed by atoms with Crippen molar-refractivity contribution >= 4 is 17.3 Å². The van der Waals surface area contributed by atoms with Gasteiger partial charge in [0.25, 0.3) is 0 Å². The molecule has 4 heteroatoms. The zero-order valence-electron chi connectivity index (χ0n) is 11.6. The highest BCUT2D eigenvalue weighted by Gasteiger charge is 2.16. The fourth-order valence-electron chi connectivity index (χ4n) is 2.24. The van der Waals surface area contributed by atoms with Crippen molar-refractivity contribution < 1.29 is 9.84 Å². The first kappa shape index (κ1) is 14.7. The monoisotopic (exact) mass is 291 g/mol. The van der Waals surface area contributed by atoms with E-state index in [0.717, 1.165) is 16.9 Å². The molecule has 0 radical (unpaired) electrons. The Morgan fingerprint density at radius 3 is 2.45 bits per heavy atom. The molecule has 0 spiro atoms. The number of nitrogen functional groups attached to an aromatic ring is 1. The Morgan fingerprint density at radius 1 is 1.25 bits per heavy atom. The number of aliphatic hydroxyl groups excluding tert-OH is 1. The Balaban J connectivity index is 2.45. The van der Waals surface area contributed by atoms with Crippen LogP contribution in [0.15, 0.2) is 36.4 Å². The van der Waals surface area contributed by atoms with Gasteiger partial charge in [-0.15, -0.1) is 0 Å². The highest BCUT2D eigenvalue weighted by molar-refractivity contribution is 6.30. The lowest BCUT2D eigenvalue weighted by atomic mass is 9.91. The number of benzene rings is 2. The van der Waals surface area contributed by atoms with E-state index in [-0.39, 0.29) is 12.5 Å². The van der Waals surface area contributed by atoms with Gasteiger partial charge in [0.2, 0.25) is 0 Å². The van der Waals surface area contributed by atoms with Crippen molar-refractivity contribution in [1.29, 1.82) is 0 Å². The van der Waals surface area contributed by atoms with Crippen LogP contribution < -0.4 is 10.5 Å². The van der Waals surface area contributed by atoms with E-state index in [0.29, 0.717) is 16.3 Å². The van der Waals surface area contributed by atoms with Crippen LogP contribution in [0.3, 0.4) is 0 Å². The van der Waals surface area contributed by atoms with Crippen molar-refractivity contribution in [3.05, 3.63) is 58.1 Å². The number of ether oxygens (including phenoxy) is 1. The summed E-state index contributed by atoms with van der Waals surface area (Å²) in [5, 5.41) is 9.98. The van der Waals surface area contributed by atoms with Gasteiger partial charge in [-0.1, -0.05) is 30.7 Å². The molecule has 0 aliphatic carbocycles. The zero-order valence-corrected chi connectivity index (χ0v) is 12.3. The molecule has 106 valence electrons. The Bertz CT molecular complexity index is 596. The van der Waals surface area contributed by atoms with E-state index >= 15 is 0 Å². The number of hydrogen-bond donors (Lipinski definition) is 2. The molecule has 0 aliphatic rings. The summed E-state index contributed by atoms with van der Waals surface area (Å²) in [6.45, 7) is 1.98. The van der Waals surface area contributed by atoms with Crippen molar-refractivity contribution in [2.24, 2.45) is 0 Å². The van der Waals surface area contributed by atoms with Crippen molar-refractivity contribution in [2.75, 3.05) is 12.8 Å².